The number of hydrogen-bond acceptors (Lipinski definition) is 5. The largest absolute Gasteiger partial charge is 0.329 e. The lowest BCUT2D eigenvalue weighted by Gasteiger charge is -2.22. The number of hydrogen-bond donors (Lipinski definition) is 0. The summed E-state index contributed by atoms with van der Waals surface area (Å²) in [5.74, 6) is -0.0544. The van der Waals surface area contributed by atoms with Gasteiger partial charge in [0.1, 0.15) is 0 Å². The van der Waals surface area contributed by atoms with Crippen LogP contribution in [-0.4, -0.2) is 37.3 Å². The van der Waals surface area contributed by atoms with Gasteiger partial charge in [-0.1, -0.05) is 5.21 Å². The number of thiazole rings is 1. The second kappa shape index (κ2) is 4.73. The Morgan fingerprint density at radius 1 is 1.53 bits per heavy atom. The summed E-state index contributed by atoms with van der Waals surface area (Å²) in [5, 5.41) is 10.8. The van der Waals surface area contributed by atoms with Crippen molar-refractivity contribution in [3.05, 3.63) is 28.0 Å². The Morgan fingerprint density at radius 3 is 3.00 bits per heavy atom. The molecule has 3 rings (SSSR count). The summed E-state index contributed by atoms with van der Waals surface area (Å²) in [6.45, 7) is 2.74. The molecule has 0 bridgehead atoms. The molecule has 7 heteroatoms. The van der Waals surface area contributed by atoms with Crippen molar-refractivity contribution in [2.24, 2.45) is 7.05 Å². The fourth-order valence-corrected chi connectivity index (χ4v) is 3.10. The molecule has 1 saturated heterocycles. The Morgan fingerprint density at radius 2 is 2.37 bits per heavy atom. The van der Waals surface area contributed by atoms with Crippen molar-refractivity contribution >= 4 is 17.2 Å². The smallest absolute Gasteiger partial charge is 0.276 e. The van der Waals surface area contributed by atoms with Crippen molar-refractivity contribution in [3.63, 3.8) is 0 Å². The summed E-state index contributed by atoms with van der Waals surface area (Å²) >= 11 is 1.62. The van der Waals surface area contributed by atoms with Crippen LogP contribution in [0.3, 0.4) is 0 Å². The number of aryl methyl sites for hydroxylation is 2. The summed E-state index contributed by atoms with van der Waals surface area (Å²) in [4.78, 5) is 18.8. The number of carbonyl (C=O) groups excluding carboxylic acids is 1. The number of aromatic nitrogens is 4. The van der Waals surface area contributed by atoms with Crippen molar-refractivity contribution in [1.29, 1.82) is 0 Å². The van der Waals surface area contributed by atoms with Crippen LogP contribution >= 0.6 is 11.3 Å². The van der Waals surface area contributed by atoms with Gasteiger partial charge in [0, 0.05) is 19.0 Å². The fraction of sp³-hybridized carbons (Fsp3) is 0.500. The van der Waals surface area contributed by atoms with E-state index in [1.807, 2.05) is 17.2 Å². The second-order valence-electron chi connectivity index (χ2n) is 4.73. The lowest BCUT2D eigenvalue weighted by molar-refractivity contribution is 0.0727. The number of likely N-dealkylation sites (tertiary alicyclic amines) is 1. The van der Waals surface area contributed by atoms with Gasteiger partial charge in [-0.3, -0.25) is 9.48 Å². The van der Waals surface area contributed by atoms with E-state index in [0.717, 1.165) is 30.1 Å². The third-order valence-corrected chi connectivity index (χ3v) is 4.11. The third kappa shape index (κ3) is 2.25. The molecule has 3 heterocycles. The van der Waals surface area contributed by atoms with E-state index >= 15 is 0 Å². The molecule has 1 fully saturated rings. The summed E-state index contributed by atoms with van der Waals surface area (Å²) in [6, 6.07) is 0.0828. The molecule has 100 valence electrons. The van der Waals surface area contributed by atoms with E-state index in [1.165, 1.54) is 0 Å². The predicted octanol–water partition coefficient (Wildman–Crippen LogP) is 1.56. The molecule has 0 aliphatic carbocycles. The first-order valence-electron chi connectivity index (χ1n) is 6.24. The molecule has 0 spiro atoms. The number of rotatable bonds is 2. The molecule has 2 aromatic rings. The van der Waals surface area contributed by atoms with Crippen LogP contribution in [0, 0.1) is 6.92 Å². The number of amides is 1. The van der Waals surface area contributed by atoms with Crippen LogP contribution in [0.4, 0.5) is 0 Å². The molecule has 1 aliphatic rings. The molecular formula is C12H15N5OS. The molecule has 2 aromatic heterocycles. The van der Waals surface area contributed by atoms with Gasteiger partial charge in [-0.25, -0.2) is 4.98 Å². The highest BCUT2D eigenvalue weighted by Gasteiger charge is 2.33. The highest BCUT2D eigenvalue weighted by molar-refractivity contribution is 7.09. The average Bonchev–Trinajstić information content (AvgIpc) is 3.07. The average molecular weight is 277 g/mol. The molecule has 0 unspecified atom stereocenters. The van der Waals surface area contributed by atoms with Crippen LogP contribution in [0.5, 0.6) is 0 Å². The fourth-order valence-electron chi connectivity index (χ4n) is 2.44. The van der Waals surface area contributed by atoms with Gasteiger partial charge in [-0.15, -0.1) is 16.4 Å². The lowest BCUT2D eigenvalue weighted by atomic mass is 10.1. The van der Waals surface area contributed by atoms with Crippen molar-refractivity contribution in [3.8, 4) is 0 Å². The minimum Gasteiger partial charge on any atom is -0.329 e. The first-order valence-corrected chi connectivity index (χ1v) is 7.12. The molecule has 1 atom stereocenters. The van der Waals surface area contributed by atoms with Gasteiger partial charge in [-0.2, -0.15) is 0 Å². The first kappa shape index (κ1) is 12.3. The van der Waals surface area contributed by atoms with Gasteiger partial charge in [0.2, 0.25) is 0 Å². The predicted molar refractivity (Wildman–Crippen MR) is 70.9 cm³/mol. The molecule has 0 N–H and O–H groups in total. The van der Waals surface area contributed by atoms with Crippen LogP contribution < -0.4 is 0 Å². The van der Waals surface area contributed by atoms with Crippen LogP contribution in [0.2, 0.25) is 0 Å². The quantitative estimate of drug-likeness (QED) is 0.835. The second-order valence-corrected chi connectivity index (χ2v) is 5.79. The van der Waals surface area contributed by atoms with Crippen LogP contribution in [-0.2, 0) is 7.05 Å². The Balaban J connectivity index is 1.85. The Labute approximate surface area is 115 Å². The van der Waals surface area contributed by atoms with Gasteiger partial charge < -0.3 is 4.90 Å². The van der Waals surface area contributed by atoms with Crippen molar-refractivity contribution in [1.82, 2.24) is 24.9 Å². The highest BCUT2D eigenvalue weighted by Crippen LogP contribution is 2.33. The van der Waals surface area contributed by atoms with E-state index in [0.29, 0.717) is 5.69 Å². The molecule has 1 amide bonds. The maximum absolute atomic E-state index is 12.4. The normalized spacial score (nSPS) is 19.1. The standard InChI is InChI=1S/C12H15N5OS/c1-8-13-10(7-19-8)11-4-3-5-17(11)12(18)9-6-16(2)15-14-9/h6-7,11H,3-5H2,1-2H3/t11-/m1/s1. The van der Waals surface area contributed by atoms with Gasteiger partial charge in [0.05, 0.1) is 22.9 Å². The molecule has 19 heavy (non-hydrogen) atoms. The van der Waals surface area contributed by atoms with Gasteiger partial charge >= 0.3 is 0 Å². The third-order valence-electron chi connectivity index (χ3n) is 3.31. The lowest BCUT2D eigenvalue weighted by Crippen LogP contribution is -2.31. The first-order chi connectivity index (χ1) is 9.15. The molecule has 1 aliphatic heterocycles. The SMILES string of the molecule is Cc1nc([C@H]2CCCN2C(=O)c2cn(C)nn2)cs1. The van der Waals surface area contributed by atoms with E-state index < -0.39 is 0 Å². The van der Waals surface area contributed by atoms with E-state index in [4.69, 9.17) is 0 Å². The van der Waals surface area contributed by atoms with Crippen LogP contribution in [0.1, 0.15) is 40.1 Å². The Bertz CT molecular complexity index is 605. The molecule has 0 aromatic carbocycles. The maximum atomic E-state index is 12.4. The van der Waals surface area contributed by atoms with E-state index in [9.17, 15) is 4.79 Å². The maximum Gasteiger partial charge on any atom is 0.276 e. The van der Waals surface area contributed by atoms with Gasteiger partial charge in [0.15, 0.2) is 5.69 Å². The Hall–Kier alpha value is -1.76. The minimum absolute atomic E-state index is 0.0544. The topological polar surface area (TPSA) is 63.9 Å². The monoisotopic (exact) mass is 277 g/mol. The zero-order valence-electron chi connectivity index (χ0n) is 10.9. The number of nitrogens with zero attached hydrogens (tertiary/aromatic N) is 5. The summed E-state index contributed by atoms with van der Waals surface area (Å²) in [7, 11) is 1.76. The molecular weight excluding hydrogens is 262 g/mol. The Kier molecular flexibility index (Phi) is 3.06. The van der Waals surface area contributed by atoms with Gasteiger partial charge in [0.25, 0.3) is 5.91 Å². The molecule has 0 radical (unpaired) electrons. The highest BCUT2D eigenvalue weighted by atomic mass is 32.1. The van der Waals surface area contributed by atoms with E-state index in [2.05, 4.69) is 15.3 Å². The summed E-state index contributed by atoms with van der Waals surface area (Å²) < 4.78 is 1.55. The van der Waals surface area contributed by atoms with Crippen LogP contribution in [0.25, 0.3) is 0 Å². The van der Waals surface area contributed by atoms with E-state index in [1.54, 1.807) is 29.3 Å². The zero-order chi connectivity index (χ0) is 13.4. The van der Waals surface area contributed by atoms with Gasteiger partial charge in [-0.05, 0) is 19.8 Å². The molecule has 0 saturated carbocycles. The van der Waals surface area contributed by atoms with E-state index in [-0.39, 0.29) is 11.9 Å². The summed E-state index contributed by atoms with van der Waals surface area (Å²) in [5.41, 5.74) is 1.40. The summed E-state index contributed by atoms with van der Waals surface area (Å²) in [6.07, 6.45) is 3.63. The van der Waals surface area contributed by atoms with Crippen molar-refractivity contribution in [2.45, 2.75) is 25.8 Å². The molecule has 6 nitrogen and oxygen atoms in total. The minimum atomic E-state index is -0.0544. The van der Waals surface area contributed by atoms with Crippen molar-refractivity contribution < 1.29 is 4.79 Å². The van der Waals surface area contributed by atoms with Crippen LogP contribution in [0.15, 0.2) is 11.6 Å². The zero-order valence-corrected chi connectivity index (χ0v) is 11.7. The van der Waals surface area contributed by atoms with Crippen molar-refractivity contribution in [2.75, 3.05) is 6.54 Å². The number of carbonyl (C=O) groups is 1.